The molecule has 12 aromatic rings. The first-order valence-corrected chi connectivity index (χ1v) is 20.5. The van der Waals surface area contributed by atoms with E-state index in [-0.39, 0.29) is 0 Å². The molecule has 0 spiro atoms. The topological polar surface area (TPSA) is 0 Å². The van der Waals surface area contributed by atoms with Gasteiger partial charge in [0.15, 0.2) is 0 Å². The molecule has 0 nitrogen and oxygen atoms in total. The number of fused-ring (bicyclic) bond motifs is 8. The number of benzene rings is 11. The first-order chi connectivity index (χ1) is 28.3. The van der Waals surface area contributed by atoms with E-state index in [9.17, 15) is 0 Å². The van der Waals surface area contributed by atoms with Gasteiger partial charge in [-0.25, -0.2) is 0 Å². The Morgan fingerprint density at radius 2 is 0.614 bits per heavy atom. The van der Waals surface area contributed by atoms with Crippen LogP contribution in [-0.4, -0.2) is 0 Å². The molecule has 0 radical (unpaired) electrons. The normalized spacial score (nSPS) is 11.9. The Hall–Kier alpha value is -7.06. The molecular weight excluding hydrogens is 705 g/mol. The lowest BCUT2D eigenvalue weighted by Gasteiger charge is -2.18. The predicted octanol–water partition coefficient (Wildman–Crippen LogP) is 16.5. The van der Waals surface area contributed by atoms with E-state index in [4.69, 9.17) is 0 Å². The maximum atomic E-state index is 2.44. The molecule has 0 saturated heterocycles. The quantitative estimate of drug-likeness (QED) is 0.158. The highest BCUT2D eigenvalue weighted by molar-refractivity contribution is 7.25. The van der Waals surface area contributed by atoms with Gasteiger partial charge in [-0.1, -0.05) is 182 Å². The second kappa shape index (κ2) is 12.7. The van der Waals surface area contributed by atoms with Crippen molar-refractivity contribution >= 4 is 85.4 Å². The molecule has 1 aromatic heterocycles. The zero-order valence-electron chi connectivity index (χ0n) is 31.0. The van der Waals surface area contributed by atoms with Gasteiger partial charge < -0.3 is 0 Å². The minimum atomic E-state index is 1.25. The smallest absolute Gasteiger partial charge is 0.0361 e. The summed E-state index contributed by atoms with van der Waals surface area (Å²) in [4.78, 5) is 0. The van der Waals surface area contributed by atoms with Gasteiger partial charge in [-0.3, -0.25) is 0 Å². The van der Waals surface area contributed by atoms with Crippen LogP contribution < -0.4 is 0 Å². The number of hydrogen-bond acceptors (Lipinski definition) is 1. The van der Waals surface area contributed by atoms with Crippen LogP contribution in [0.2, 0.25) is 0 Å². The number of hydrogen-bond donors (Lipinski definition) is 0. The van der Waals surface area contributed by atoms with Crippen LogP contribution in [0.15, 0.2) is 206 Å². The zero-order valence-corrected chi connectivity index (χ0v) is 31.9. The Morgan fingerprint density at radius 1 is 0.211 bits per heavy atom. The molecule has 12 rings (SSSR count). The van der Waals surface area contributed by atoms with Gasteiger partial charge in [0.2, 0.25) is 0 Å². The van der Waals surface area contributed by atoms with Gasteiger partial charge in [0.05, 0.1) is 0 Å². The lowest BCUT2D eigenvalue weighted by Crippen LogP contribution is -1.91. The lowest BCUT2D eigenvalue weighted by molar-refractivity contribution is 1.66. The van der Waals surface area contributed by atoms with Crippen molar-refractivity contribution < 1.29 is 0 Å². The van der Waals surface area contributed by atoms with E-state index in [1.807, 2.05) is 11.3 Å². The first-order valence-electron chi connectivity index (χ1n) is 19.7. The third-order valence-electron chi connectivity index (χ3n) is 12.0. The van der Waals surface area contributed by atoms with Crippen LogP contribution in [0.25, 0.3) is 119 Å². The van der Waals surface area contributed by atoms with Gasteiger partial charge >= 0.3 is 0 Å². The summed E-state index contributed by atoms with van der Waals surface area (Å²) in [6, 6.07) is 76.5. The minimum absolute atomic E-state index is 1.25. The summed E-state index contributed by atoms with van der Waals surface area (Å²) < 4.78 is 2.61. The highest BCUT2D eigenvalue weighted by Crippen LogP contribution is 2.48. The standard InChI is InChI=1S/C56H34S/c1-2-15-36(16-3-1)53-42-18-6-8-20-44(42)55(45-21-9-7-19-43(45)53)39-29-31-51-50(33-39)41-30-28-40(34-52(41)57-51)56-48-24-12-10-22-46(48)54(47-23-11-13-25-49(47)56)38-27-26-35-14-4-5-17-37(35)32-38/h1-34H. The fourth-order valence-corrected chi connectivity index (χ4v) is 10.7. The molecule has 0 amide bonds. The van der Waals surface area contributed by atoms with Crippen molar-refractivity contribution in [1.29, 1.82) is 0 Å². The van der Waals surface area contributed by atoms with Crippen LogP contribution in [-0.2, 0) is 0 Å². The Kier molecular flexibility index (Phi) is 7.20. The summed E-state index contributed by atoms with van der Waals surface area (Å²) in [5.41, 5.74) is 10.2. The van der Waals surface area contributed by atoms with Gasteiger partial charge in [0.25, 0.3) is 0 Å². The van der Waals surface area contributed by atoms with Crippen LogP contribution in [0.3, 0.4) is 0 Å². The van der Waals surface area contributed by atoms with Gasteiger partial charge in [-0.15, -0.1) is 11.3 Å². The third kappa shape index (κ3) is 4.99. The molecule has 1 heterocycles. The minimum Gasteiger partial charge on any atom is -0.135 e. The van der Waals surface area contributed by atoms with Crippen molar-refractivity contribution in [2.24, 2.45) is 0 Å². The van der Waals surface area contributed by atoms with Crippen LogP contribution in [0, 0.1) is 0 Å². The van der Waals surface area contributed by atoms with E-state index in [0.29, 0.717) is 0 Å². The Balaban J connectivity index is 1.05. The monoisotopic (exact) mass is 738 g/mol. The maximum absolute atomic E-state index is 2.44. The first kappa shape index (κ1) is 32.2. The summed E-state index contributed by atoms with van der Waals surface area (Å²) in [7, 11) is 0. The highest BCUT2D eigenvalue weighted by atomic mass is 32.1. The third-order valence-corrected chi connectivity index (χ3v) is 13.1. The molecule has 0 unspecified atom stereocenters. The summed E-state index contributed by atoms with van der Waals surface area (Å²) in [6.07, 6.45) is 0. The van der Waals surface area contributed by atoms with Gasteiger partial charge in [0.1, 0.15) is 0 Å². The van der Waals surface area contributed by atoms with E-state index in [2.05, 4.69) is 206 Å². The summed E-state index contributed by atoms with van der Waals surface area (Å²) in [5.74, 6) is 0. The second-order valence-electron chi connectivity index (χ2n) is 15.1. The van der Waals surface area contributed by atoms with Crippen LogP contribution in [0.5, 0.6) is 0 Å². The average Bonchev–Trinajstić information content (AvgIpc) is 3.64. The fraction of sp³-hybridized carbons (Fsp3) is 0. The van der Waals surface area contributed by atoms with E-state index < -0.39 is 0 Å². The number of rotatable bonds is 4. The molecule has 0 aliphatic rings. The van der Waals surface area contributed by atoms with Crippen LogP contribution >= 0.6 is 11.3 Å². The molecule has 264 valence electrons. The van der Waals surface area contributed by atoms with Gasteiger partial charge in [-0.2, -0.15) is 0 Å². The van der Waals surface area contributed by atoms with Crippen LogP contribution in [0.4, 0.5) is 0 Å². The molecule has 1 heteroatoms. The average molecular weight is 739 g/mol. The van der Waals surface area contributed by atoms with E-state index in [1.165, 1.54) is 119 Å². The van der Waals surface area contributed by atoms with E-state index >= 15 is 0 Å². The molecule has 0 N–H and O–H groups in total. The zero-order chi connectivity index (χ0) is 37.5. The van der Waals surface area contributed by atoms with Gasteiger partial charge in [-0.05, 0) is 123 Å². The molecule has 0 aliphatic heterocycles. The lowest BCUT2D eigenvalue weighted by atomic mass is 9.85. The van der Waals surface area contributed by atoms with Crippen LogP contribution in [0.1, 0.15) is 0 Å². The SMILES string of the molecule is c1ccc(-c2c3ccccc3c(-c3ccc4sc5cc(-c6c7ccccc7c(-c7ccc8ccccc8c7)c7ccccc67)ccc5c4c3)c3ccccc23)cc1. The molecule has 0 atom stereocenters. The highest BCUT2D eigenvalue weighted by Gasteiger charge is 2.20. The molecule has 0 bridgehead atoms. The molecular formula is C56H34S. The van der Waals surface area contributed by atoms with Crippen molar-refractivity contribution in [3.05, 3.63) is 206 Å². The van der Waals surface area contributed by atoms with Gasteiger partial charge in [0, 0.05) is 20.2 Å². The van der Waals surface area contributed by atoms with Crippen molar-refractivity contribution in [2.75, 3.05) is 0 Å². The number of thiophene rings is 1. The van der Waals surface area contributed by atoms with E-state index in [1.54, 1.807) is 0 Å². The second-order valence-corrected chi connectivity index (χ2v) is 16.2. The predicted molar refractivity (Wildman–Crippen MR) is 249 cm³/mol. The summed E-state index contributed by atoms with van der Waals surface area (Å²) in [6.45, 7) is 0. The fourth-order valence-electron chi connectivity index (χ4n) is 9.54. The molecule has 11 aromatic carbocycles. The Bertz CT molecular complexity index is 3460. The Morgan fingerprint density at radius 3 is 1.16 bits per heavy atom. The maximum Gasteiger partial charge on any atom is 0.0361 e. The van der Waals surface area contributed by atoms with Crippen molar-refractivity contribution in [1.82, 2.24) is 0 Å². The van der Waals surface area contributed by atoms with Crippen molar-refractivity contribution in [3.63, 3.8) is 0 Å². The molecule has 0 aliphatic carbocycles. The summed E-state index contributed by atoms with van der Waals surface area (Å²) >= 11 is 1.89. The molecule has 0 fully saturated rings. The van der Waals surface area contributed by atoms with E-state index in [0.717, 1.165) is 0 Å². The molecule has 0 saturated carbocycles. The van der Waals surface area contributed by atoms with Crippen molar-refractivity contribution in [3.8, 4) is 44.5 Å². The molecule has 57 heavy (non-hydrogen) atoms. The largest absolute Gasteiger partial charge is 0.135 e. The van der Waals surface area contributed by atoms with Crippen molar-refractivity contribution in [2.45, 2.75) is 0 Å². The Labute approximate surface area is 334 Å². The summed E-state index contributed by atoms with van der Waals surface area (Å²) in [5, 5.41) is 15.4.